The van der Waals surface area contributed by atoms with Gasteiger partial charge in [-0.25, -0.2) is 19.1 Å². The first-order chi connectivity index (χ1) is 12.6. The smallest absolute Gasteiger partial charge is 0.320 e. The van der Waals surface area contributed by atoms with Crippen molar-refractivity contribution in [1.82, 2.24) is 19.9 Å². The second kappa shape index (κ2) is 6.45. The van der Waals surface area contributed by atoms with Crippen LogP contribution in [0.3, 0.4) is 0 Å². The van der Waals surface area contributed by atoms with E-state index in [-0.39, 0.29) is 6.67 Å². The first kappa shape index (κ1) is 16.0. The monoisotopic (exact) mass is 367 g/mol. The molecule has 0 atom stereocenters. The number of carbonyl (C=O) groups is 1. The highest BCUT2D eigenvalue weighted by Crippen LogP contribution is 2.25. The third-order valence-electron chi connectivity index (χ3n) is 3.80. The zero-order valence-electron chi connectivity index (χ0n) is 13.4. The Morgan fingerprint density at radius 1 is 1.12 bits per heavy atom. The predicted octanol–water partition coefficient (Wildman–Crippen LogP) is 2.08. The molecule has 2 aromatic carbocycles. The molecule has 26 heavy (non-hydrogen) atoms. The highest BCUT2D eigenvalue weighted by Gasteiger charge is 2.10. The van der Waals surface area contributed by atoms with Gasteiger partial charge >= 0.3 is 11.7 Å². The molecular weight excluding hydrogens is 354 g/mol. The molecule has 0 saturated heterocycles. The Kier molecular flexibility index (Phi) is 3.98. The highest BCUT2D eigenvalue weighted by atomic mass is 32.1. The van der Waals surface area contributed by atoms with Crippen molar-refractivity contribution >= 4 is 43.6 Å². The maximum atomic E-state index is 12.4. The van der Waals surface area contributed by atoms with E-state index in [0.717, 1.165) is 14.8 Å². The van der Waals surface area contributed by atoms with Gasteiger partial charge in [0, 0.05) is 0 Å². The molecular formula is C17H13N5O3S. The summed E-state index contributed by atoms with van der Waals surface area (Å²) < 4.78 is 1.88. The summed E-state index contributed by atoms with van der Waals surface area (Å²) in [6, 6.07) is 13.7. The largest absolute Gasteiger partial charge is 0.330 e. The van der Waals surface area contributed by atoms with Crippen LogP contribution in [-0.2, 0) is 6.67 Å². The van der Waals surface area contributed by atoms with Gasteiger partial charge in [-0.05, 0) is 24.3 Å². The number of anilines is 1. The van der Waals surface area contributed by atoms with Gasteiger partial charge in [-0.15, -0.1) is 0 Å². The number of amides is 2. The Hall–Kier alpha value is -3.46. The minimum atomic E-state index is -0.589. The van der Waals surface area contributed by atoms with Crippen LogP contribution in [-0.4, -0.2) is 20.6 Å². The molecule has 0 saturated carbocycles. The third-order valence-corrected chi connectivity index (χ3v) is 4.75. The van der Waals surface area contributed by atoms with Crippen LogP contribution < -0.4 is 21.9 Å². The molecule has 8 nitrogen and oxygen atoms in total. The Labute approximate surface area is 150 Å². The number of thiazole rings is 1. The number of benzene rings is 2. The van der Waals surface area contributed by atoms with E-state index in [2.05, 4.69) is 20.6 Å². The van der Waals surface area contributed by atoms with E-state index in [1.54, 1.807) is 24.3 Å². The van der Waals surface area contributed by atoms with Crippen LogP contribution in [0.4, 0.5) is 9.93 Å². The summed E-state index contributed by atoms with van der Waals surface area (Å²) in [5.74, 6) is 0. The lowest BCUT2D eigenvalue weighted by Crippen LogP contribution is -2.42. The fraction of sp³-hybridized carbons (Fsp3) is 0.0588. The average molecular weight is 367 g/mol. The molecule has 4 aromatic rings. The van der Waals surface area contributed by atoms with Gasteiger partial charge in [0.2, 0.25) is 0 Å². The van der Waals surface area contributed by atoms with E-state index >= 15 is 0 Å². The maximum Gasteiger partial charge on any atom is 0.330 e. The van der Waals surface area contributed by atoms with E-state index in [1.807, 2.05) is 24.3 Å². The van der Waals surface area contributed by atoms with Crippen molar-refractivity contribution in [3.63, 3.8) is 0 Å². The van der Waals surface area contributed by atoms with Crippen molar-refractivity contribution in [3.8, 4) is 0 Å². The molecule has 0 aliphatic rings. The van der Waals surface area contributed by atoms with Gasteiger partial charge in [0.15, 0.2) is 5.13 Å². The van der Waals surface area contributed by atoms with E-state index < -0.39 is 17.3 Å². The topological polar surface area (TPSA) is 109 Å². The van der Waals surface area contributed by atoms with Gasteiger partial charge in [0.1, 0.15) is 6.67 Å². The first-order valence-corrected chi connectivity index (χ1v) is 8.56. The number of nitrogens with one attached hydrogen (secondary N) is 3. The number of aromatic nitrogens is 3. The van der Waals surface area contributed by atoms with Crippen molar-refractivity contribution < 1.29 is 4.79 Å². The molecule has 2 aromatic heterocycles. The van der Waals surface area contributed by atoms with Gasteiger partial charge in [0.05, 0.1) is 21.1 Å². The number of para-hydroxylation sites is 2. The van der Waals surface area contributed by atoms with Gasteiger partial charge in [-0.3, -0.25) is 10.1 Å². The second-order valence-electron chi connectivity index (χ2n) is 5.48. The summed E-state index contributed by atoms with van der Waals surface area (Å²) in [4.78, 5) is 43.4. The normalized spacial score (nSPS) is 10.9. The maximum absolute atomic E-state index is 12.4. The van der Waals surface area contributed by atoms with Gasteiger partial charge < -0.3 is 10.3 Å². The molecule has 2 heterocycles. The Bertz CT molecular complexity index is 1210. The molecule has 3 N–H and O–H groups in total. The molecule has 9 heteroatoms. The number of fused-ring (bicyclic) bond motifs is 2. The van der Waals surface area contributed by atoms with Crippen molar-refractivity contribution in [3.05, 3.63) is 69.4 Å². The van der Waals surface area contributed by atoms with Crippen molar-refractivity contribution in [2.75, 3.05) is 5.32 Å². The molecule has 0 aliphatic carbocycles. The fourth-order valence-corrected chi connectivity index (χ4v) is 3.42. The Morgan fingerprint density at radius 3 is 2.73 bits per heavy atom. The summed E-state index contributed by atoms with van der Waals surface area (Å²) in [6.07, 6.45) is 0. The number of urea groups is 1. The van der Waals surface area contributed by atoms with E-state index in [9.17, 15) is 14.4 Å². The van der Waals surface area contributed by atoms with Gasteiger partial charge in [0.25, 0.3) is 5.56 Å². The summed E-state index contributed by atoms with van der Waals surface area (Å²) in [7, 11) is 0. The number of hydrogen-bond acceptors (Lipinski definition) is 5. The molecule has 0 unspecified atom stereocenters. The first-order valence-electron chi connectivity index (χ1n) is 7.74. The average Bonchev–Trinajstić information content (AvgIpc) is 3.03. The second-order valence-corrected chi connectivity index (χ2v) is 6.52. The summed E-state index contributed by atoms with van der Waals surface area (Å²) in [6.45, 7) is -0.254. The molecule has 0 radical (unpaired) electrons. The van der Waals surface area contributed by atoms with E-state index in [1.165, 1.54) is 11.3 Å². The standard InChI is InChI=1S/C17H13N5O3S/c23-14-10-5-1-2-6-11(10)20-17(25)22(14)9-18-15(24)21-16-19-12-7-3-4-8-13(12)26-16/h1-8H,9H2,(H,20,25)(H2,18,19,21,24). The lowest BCUT2D eigenvalue weighted by atomic mass is 10.2. The third kappa shape index (κ3) is 2.95. The van der Waals surface area contributed by atoms with Crippen molar-refractivity contribution in [2.45, 2.75) is 6.67 Å². The number of H-pyrrole nitrogens is 1. The van der Waals surface area contributed by atoms with Crippen LogP contribution in [0.25, 0.3) is 21.1 Å². The molecule has 0 spiro atoms. The number of rotatable bonds is 3. The minimum Gasteiger partial charge on any atom is -0.320 e. The number of hydrogen-bond donors (Lipinski definition) is 3. The van der Waals surface area contributed by atoms with Crippen LogP contribution in [0, 0.1) is 0 Å². The molecule has 0 bridgehead atoms. The number of carbonyl (C=O) groups excluding carboxylic acids is 1. The highest BCUT2D eigenvalue weighted by molar-refractivity contribution is 7.22. The SMILES string of the molecule is O=C(NCn1c(=O)[nH]c2ccccc2c1=O)Nc1nc2ccccc2s1. The zero-order valence-corrected chi connectivity index (χ0v) is 14.2. The number of aromatic amines is 1. The van der Waals surface area contributed by atoms with Crippen LogP contribution in [0.2, 0.25) is 0 Å². The Morgan fingerprint density at radius 2 is 1.88 bits per heavy atom. The quantitative estimate of drug-likeness (QED) is 0.515. The lowest BCUT2D eigenvalue weighted by Gasteiger charge is -2.08. The molecule has 4 rings (SSSR count). The predicted molar refractivity (Wildman–Crippen MR) is 101 cm³/mol. The van der Waals surface area contributed by atoms with Crippen LogP contribution in [0.1, 0.15) is 0 Å². The van der Waals surface area contributed by atoms with Crippen LogP contribution in [0.5, 0.6) is 0 Å². The summed E-state index contributed by atoms with van der Waals surface area (Å²) >= 11 is 1.34. The van der Waals surface area contributed by atoms with Gasteiger partial charge in [-0.2, -0.15) is 0 Å². The Balaban J connectivity index is 1.52. The summed E-state index contributed by atoms with van der Waals surface area (Å²) in [5.41, 5.74) is 0.186. The number of nitrogens with zero attached hydrogens (tertiary/aromatic N) is 2. The zero-order chi connectivity index (χ0) is 18.1. The van der Waals surface area contributed by atoms with Crippen LogP contribution in [0.15, 0.2) is 58.1 Å². The van der Waals surface area contributed by atoms with Crippen LogP contribution >= 0.6 is 11.3 Å². The van der Waals surface area contributed by atoms with E-state index in [4.69, 9.17) is 0 Å². The molecule has 2 amide bonds. The van der Waals surface area contributed by atoms with Crippen molar-refractivity contribution in [1.29, 1.82) is 0 Å². The molecule has 0 aliphatic heterocycles. The molecule has 130 valence electrons. The van der Waals surface area contributed by atoms with Crippen molar-refractivity contribution in [2.24, 2.45) is 0 Å². The lowest BCUT2D eigenvalue weighted by molar-refractivity contribution is 0.249. The minimum absolute atomic E-state index is 0.254. The fourth-order valence-electron chi connectivity index (χ4n) is 2.56. The summed E-state index contributed by atoms with van der Waals surface area (Å²) in [5, 5.41) is 5.91. The van der Waals surface area contributed by atoms with Gasteiger partial charge in [-0.1, -0.05) is 35.6 Å². The van der Waals surface area contributed by atoms with E-state index in [0.29, 0.717) is 16.0 Å². The molecule has 0 fully saturated rings.